The van der Waals surface area contributed by atoms with Crippen LogP contribution < -0.4 is 5.19 Å². The van der Waals surface area contributed by atoms with Crippen LogP contribution in [-0.2, 0) is 31.9 Å². The van der Waals surface area contributed by atoms with Crippen molar-refractivity contribution < 1.29 is 24.5 Å². The van der Waals surface area contributed by atoms with Crippen LogP contribution in [0.5, 0.6) is 0 Å². The maximum absolute atomic E-state index is 6.16. The summed E-state index contributed by atoms with van der Waals surface area (Å²) in [4.78, 5) is 13.9. The monoisotopic (exact) mass is 858 g/mol. The quantitative estimate of drug-likeness (QED) is 0.124. The zero-order chi connectivity index (χ0) is 35.0. The molecule has 1 saturated carbocycles. The maximum atomic E-state index is 6.16. The predicted molar refractivity (Wildman–Crippen MR) is 208 cm³/mol. The van der Waals surface area contributed by atoms with Crippen LogP contribution in [0.3, 0.4) is 0 Å². The molecule has 7 rings (SSSR count). The molecule has 4 nitrogen and oxygen atoms in total. The van der Waals surface area contributed by atoms with Gasteiger partial charge in [-0.2, -0.15) is 0 Å². The smallest absolute Gasteiger partial charge is 0.216 e. The van der Waals surface area contributed by atoms with E-state index in [1.54, 1.807) is 0 Å². The van der Waals surface area contributed by atoms with E-state index in [2.05, 4.69) is 113 Å². The van der Waals surface area contributed by atoms with E-state index in [0.29, 0.717) is 5.71 Å². The van der Waals surface area contributed by atoms with Crippen molar-refractivity contribution in [2.45, 2.75) is 98.7 Å². The Kier molecular flexibility index (Phi) is 11.4. The summed E-state index contributed by atoms with van der Waals surface area (Å²) >= 11 is 0. The second-order valence-electron chi connectivity index (χ2n) is 16.6. The summed E-state index contributed by atoms with van der Waals surface area (Å²) in [5.41, 5.74) is 9.65. The predicted octanol–water partition coefficient (Wildman–Crippen LogP) is 11.3. The summed E-state index contributed by atoms with van der Waals surface area (Å²) in [6.45, 7) is 20.8. The van der Waals surface area contributed by atoms with Crippen LogP contribution >= 0.6 is 0 Å². The summed E-state index contributed by atoms with van der Waals surface area (Å²) in [7, 11) is -1.37. The van der Waals surface area contributed by atoms with Gasteiger partial charge in [-0.3, -0.25) is 0 Å². The molecule has 0 spiro atoms. The van der Waals surface area contributed by atoms with Crippen molar-refractivity contribution in [2.75, 3.05) is 0 Å². The average Bonchev–Trinajstić information content (AvgIpc) is 3.73. The van der Waals surface area contributed by atoms with Gasteiger partial charge in [-0.05, 0) is 83.3 Å². The van der Waals surface area contributed by atoms with Gasteiger partial charge in [-0.15, -0.1) is 54.1 Å². The van der Waals surface area contributed by atoms with Crippen LogP contribution in [0.4, 0.5) is 0 Å². The molecule has 0 amide bonds. The molecule has 6 heteroatoms. The average molecular weight is 858 g/mol. The Morgan fingerprint density at radius 2 is 1.60 bits per heavy atom. The number of benzene rings is 2. The van der Waals surface area contributed by atoms with E-state index in [1.165, 1.54) is 42.0 Å². The fourth-order valence-corrected chi connectivity index (χ4v) is 8.92. The number of nitrogens with zero attached hydrogens (tertiary/aromatic N) is 3. The third-order valence-electron chi connectivity index (χ3n) is 10.1. The number of pyridine rings is 3. The Balaban J connectivity index is 0.000000199. The van der Waals surface area contributed by atoms with E-state index in [-0.39, 0.29) is 30.9 Å². The van der Waals surface area contributed by atoms with E-state index >= 15 is 0 Å². The van der Waals surface area contributed by atoms with Gasteiger partial charge in [0.05, 0.1) is 13.7 Å². The van der Waals surface area contributed by atoms with Crippen LogP contribution in [0.2, 0.25) is 19.6 Å². The fraction of sp³-hybridized carbons (Fsp3) is 0.386. The Bertz CT molecular complexity index is 2070. The van der Waals surface area contributed by atoms with Crippen LogP contribution in [0.1, 0.15) is 77.1 Å². The van der Waals surface area contributed by atoms with Crippen molar-refractivity contribution in [2.24, 2.45) is 11.3 Å². The molecule has 1 fully saturated rings. The molecule has 1 aliphatic rings. The van der Waals surface area contributed by atoms with Crippen molar-refractivity contribution >= 4 is 35.3 Å². The van der Waals surface area contributed by atoms with Gasteiger partial charge in [0.2, 0.25) is 5.71 Å². The van der Waals surface area contributed by atoms with E-state index in [0.717, 1.165) is 56.9 Å². The molecule has 0 aliphatic heterocycles. The van der Waals surface area contributed by atoms with Gasteiger partial charge < -0.3 is 14.4 Å². The zero-order valence-corrected chi connectivity index (χ0v) is 34.6. The molecule has 6 aromatic rings. The molecule has 0 saturated heterocycles. The van der Waals surface area contributed by atoms with Crippen molar-refractivity contribution in [3.63, 3.8) is 0 Å². The molecule has 50 heavy (non-hydrogen) atoms. The first-order valence-corrected chi connectivity index (χ1v) is 21.3. The topological polar surface area (TPSA) is 51.8 Å². The van der Waals surface area contributed by atoms with Crippen molar-refractivity contribution in [1.29, 1.82) is 0 Å². The van der Waals surface area contributed by atoms with Gasteiger partial charge in [0, 0.05) is 43.6 Å². The van der Waals surface area contributed by atoms with Gasteiger partial charge in [0.1, 0.15) is 0 Å². The van der Waals surface area contributed by atoms with Gasteiger partial charge in [0.15, 0.2) is 0 Å². The van der Waals surface area contributed by atoms with E-state index in [9.17, 15) is 0 Å². The maximum Gasteiger partial charge on any atom is 0.216 e. The molecular weight excluding hydrogens is 807 g/mol. The van der Waals surface area contributed by atoms with Gasteiger partial charge >= 0.3 is 0 Å². The molecule has 263 valence electrons. The first-order chi connectivity index (χ1) is 23.2. The van der Waals surface area contributed by atoms with Crippen LogP contribution in [0.15, 0.2) is 83.5 Å². The molecule has 1 aliphatic carbocycles. The molecule has 4 heterocycles. The Morgan fingerprint density at radius 3 is 2.28 bits per heavy atom. The summed E-state index contributed by atoms with van der Waals surface area (Å²) in [5, 5.41) is 3.59. The molecule has 0 bridgehead atoms. The van der Waals surface area contributed by atoms with Crippen molar-refractivity contribution in [3.8, 4) is 22.5 Å². The Hall–Kier alpha value is -3.44. The molecule has 1 radical (unpaired) electrons. The fourth-order valence-electron chi connectivity index (χ4n) is 7.35. The van der Waals surface area contributed by atoms with E-state index in [1.807, 2.05) is 49.5 Å². The summed E-state index contributed by atoms with van der Waals surface area (Å²) in [5.74, 6) is 0.737. The Morgan fingerprint density at radius 1 is 0.840 bits per heavy atom. The minimum atomic E-state index is -1.37. The SMILES string of the molecule is CC(C)(C)Cc1cc(-c2[c-]cccc2)ncc1[Si](C)(C)C.Cc1ccc2c(n1)oc1c(-c3cc(C(C)(C)C4CCCC4)ccn3)[c-]ccc12.[Ir]. The third kappa shape index (κ3) is 8.36. The molecular formula is C44H51IrN3OSi-2. The van der Waals surface area contributed by atoms with E-state index in [4.69, 9.17) is 9.40 Å². The number of fused-ring (bicyclic) bond motifs is 3. The van der Waals surface area contributed by atoms with Crippen LogP contribution in [0.25, 0.3) is 44.6 Å². The standard InChI is InChI=1S/C25H25N2O.C19H26NSi.Ir/c1-16-11-12-20-19-9-6-10-21(23(19)28-24(20)27-16)22-15-18(13-14-26-22)25(2,3)17-7-4-5-8-17;1-19(2,3)13-16-12-17(15-10-8-7-9-11-15)20-14-18(16)21(4,5)6;/h6,9,11-15,17H,4-5,7-8H2,1-3H3;7-10,12,14H,13H2,1-6H3;/q2*-1;. The molecule has 0 unspecified atom stereocenters. The normalized spacial score (nSPS) is 14.0. The first kappa shape index (κ1) is 37.8. The third-order valence-corrected chi connectivity index (χ3v) is 12.1. The van der Waals surface area contributed by atoms with Gasteiger partial charge in [-0.1, -0.05) is 95.7 Å². The number of aryl methyl sites for hydroxylation is 1. The second kappa shape index (κ2) is 15.0. The second-order valence-corrected chi connectivity index (χ2v) is 21.7. The van der Waals surface area contributed by atoms with Gasteiger partial charge in [-0.25, -0.2) is 4.98 Å². The minimum Gasteiger partial charge on any atom is -0.486 e. The largest absolute Gasteiger partial charge is 0.486 e. The number of hydrogen-bond acceptors (Lipinski definition) is 4. The first-order valence-electron chi connectivity index (χ1n) is 17.8. The summed E-state index contributed by atoms with van der Waals surface area (Å²) in [6.07, 6.45) is 10.5. The summed E-state index contributed by atoms with van der Waals surface area (Å²) in [6, 6.07) is 29.5. The zero-order valence-electron chi connectivity index (χ0n) is 31.2. The van der Waals surface area contributed by atoms with Gasteiger partial charge in [0.25, 0.3) is 0 Å². The molecule has 0 atom stereocenters. The van der Waals surface area contributed by atoms with Crippen molar-refractivity contribution in [3.05, 3.63) is 108 Å². The molecule has 0 N–H and O–H groups in total. The number of aromatic nitrogens is 3. The summed E-state index contributed by atoms with van der Waals surface area (Å²) < 4.78 is 6.16. The van der Waals surface area contributed by atoms with Crippen LogP contribution in [-0.4, -0.2) is 23.0 Å². The Labute approximate surface area is 313 Å². The van der Waals surface area contributed by atoms with Crippen LogP contribution in [0, 0.1) is 30.4 Å². The molecule has 2 aromatic carbocycles. The van der Waals surface area contributed by atoms with E-state index < -0.39 is 8.07 Å². The number of hydrogen-bond donors (Lipinski definition) is 0. The molecule has 4 aromatic heterocycles. The van der Waals surface area contributed by atoms with Crippen molar-refractivity contribution in [1.82, 2.24) is 15.0 Å². The number of furan rings is 1. The minimum absolute atomic E-state index is 0. The number of rotatable bonds is 6.